The van der Waals surface area contributed by atoms with Gasteiger partial charge in [-0.25, -0.2) is 14.1 Å². The minimum Gasteiger partial charge on any atom is -0.322 e. The van der Waals surface area contributed by atoms with E-state index >= 15 is 0 Å². The van der Waals surface area contributed by atoms with Gasteiger partial charge in [0.1, 0.15) is 18.5 Å². The highest BCUT2D eigenvalue weighted by atomic mass is 19.1. The molecule has 164 valence electrons. The third kappa shape index (κ3) is 4.10. The van der Waals surface area contributed by atoms with Crippen molar-refractivity contribution in [2.24, 2.45) is 0 Å². The number of anilines is 2. The van der Waals surface area contributed by atoms with Gasteiger partial charge in [-0.3, -0.25) is 9.59 Å². The maximum absolute atomic E-state index is 13.3. The number of aromatic nitrogens is 3. The molecule has 3 aromatic carbocycles. The van der Waals surface area contributed by atoms with Crippen LogP contribution in [0, 0.1) is 5.82 Å². The molecule has 0 radical (unpaired) electrons. The SMILES string of the molecule is O=C(Nc1cccc2c1CCCN2C(=O)c1ccc(-n2cncn2)cc1)c1ccc(F)cc1. The zero-order valence-corrected chi connectivity index (χ0v) is 17.6. The second-order valence-electron chi connectivity index (χ2n) is 7.71. The molecule has 7 nitrogen and oxygen atoms in total. The molecule has 0 spiro atoms. The first-order chi connectivity index (χ1) is 16.1. The van der Waals surface area contributed by atoms with Gasteiger partial charge in [-0.1, -0.05) is 6.07 Å². The van der Waals surface area contributed by atoms with Crippen LogP contribution in [0.3, 0.4) is 0 Å². The fourth-order valence-corrected chi connectivity index (χ4v) is 4.00. The van der Waals surface area contributed by atoms with Gasteiger partial charge in [0.25, 0.3) is 11.8 Å². The number of amides is 2. The molecule has 2 amide bonds. The van der Waals surface area contributed by atoms with Gasteiger partial charge in [0, 0.05) is 29.0 Å². The second kappa shape index (κ2) is 8.66. The normalized spacial score (nSPS) is 12.8. The molecule has 0 saturated heterocycles. The molecule has 1 aliphatic rings. The lowest BCUT2D eigenvalue weighted by Gasteiger charge is -2.31. The molecule has 4 aromatic rings. The summed E-state index contributed by atoms with van der Waals surface area (Å²) in [5, 5.41) is 7.01. The molecule has 0 atom stereocenters. The minimum atomic E-state index is -0.396. The van der Waals surface area contributed by atoms with E-state index in [4.69, 9.17) is 0 Å². The number of hydrogen-bond donors (Lipinski definition) is 1. The van der Waals surface area contributed by atoms with E-state index in [1.54, 1.807) is 28.0 Å². The van der Waals surface area contributed by atoms with Crippen molar-refractivity contribution in [3.63, 3.8) is 0 Å². The maximum atomic E-state index is 13.3. The molecular formula is C25H20FN5O2. The Balaban J connectivity index is 1.39. The number of halogens is 1. The monoisotopic (exact) mass is 441 g/mol. The summed E-state index contributed by atoms with van der Waals surface area (Å²) in [6.45, 7) is 0.589. The molecule has 8 heteroatoms. The predicted molar refractivity (Wildman–Crippen MR) is 122 cm³/mol. The quantitative estimate of drug-likeness (QED) is 0.513. The number of fused-ring (bicyclic) bond motifs is 1. The lowest BCUT2D eigenvalue weighted by Crippen LogP contribution is -2.35. The average Bonchev–Trinajstić information content (AvgIpc) is 3.39. The van der Waals surface area contributed by atoms with Crippen molar-refractivity contribution in [1.29, 1.82) is 0 Å². The van der Waals surface area contributed by atoms with Crippen molar-refractivity contribution in [1.82, 2.24) is 14.8 Å². The van der Waals surface area contributed by atoms with E-state index < -0.39 is 5.82 Å². The Labute approximate surface area is 189 Å². The summed E-state index contributed by atoms with van der Waals surface area (Å²) in [5.74, 6) is -0.828. The Kier molecular flexibility index (Phi) is 5.40. The predicted octanol–water partition coefficient (Wildman–Crippen LogP) is 4.25. The smallest absolute Gasteiger partial charge is 0.258 e. The van der Waals surface area contributed by atoms with Crippen molar-refractivity contribution in [2.75, 3.05) is 16.8 Å². The number of benzene rings is 3. The van der Waals surface area contributed by atoms with Gasteiger partial charge in [-0.15, -0.1) is 0 Å². The summed E-state index contributed by atoms with van der Waals surface area (Å²) in [5.41, 5.74) is 4.09. The highest BCUT2D eigenvalue weighted by Crippen LogP contribution is 2.34. The number of carbonyl (C=O) groups is 2. The van der Waals surface area contributed by atoms with Crippen LogP contribution in [0.1, 0.15) is 32.7 Å². The van der Waals surface area contributed by atoms with Gasteiger partial charge in [-0.2, -0.15) is 5.10 Å². The van der Waals surface area contributed by atoms with Crippen LogP contribution in [-0.2, 0) is 6.42 Å². The molecule has 0 unspecified atom stereocenters. The third-order valence-electron chi connectivity index (χ3n) is 5.65. The fourth-order valence-electron chi connectivity index (χ4n) is 4.00. The molecule has 0 aliphatic carbocycles. The van der Waals surface area contributed by atoms with E-state index in [1.165, 1.54) is 30.6 Å². The Morgan fingerprint density at radius 2 is 1.70 bits per heavy atom. The first kappa shape index (κ1) is 20.6. The van der Waals surface area contributed by atoms with Gasteiger partial charge >= 0.3 is 0 Å². The van der Waals surface area contributed by atoms with Gasteiger partial charge in [0.2, 0.25) is 0 Å². The minimum absolute atomic E-state index is 0.108. The molecule has 0 bridgehead atoms. The third-order valence-corrected chi connectivity index (χ3v) is 5.65. The molecule has 1 aromatic heterocycles. The molecule has 0 saturated carbocycles. The first-order valence-corrected chi connectivity index (χ1v) is 10.6. The van der Waals surface area contributed by atoms with Gasteiger partial charge in [0.15, 0.2) is 0 Å². The molecule has 1 N–H and O–H groups in total. The van der Waals surface area contributed by atoms with E-state index in [0.29, 0.717) is 23.4 Å². The number of carbonyl (C=O) groups excluding carboxylic acids is 2. The summed E-state index contributed by atoms with van der Waals surface area (Å²) in [6.07, 6.45) is 4.57. The summed E-state index contributed by atoms with van der Waals surface area (Å²) < 4.78 is 14.8. The summed E-state index contributed by atoms with van der Waals surface area (Å²) in [4.78, 5) is 31.7. The number of nitrogens with zero attached hydrogens (tertiary/aromatic N) is 4. The summed E-state index contributed by atoms with van der Waals surface area (Å²) in [6, 6.07) is 18.1. The van der Waals surface area contributed by atoms with Crippen LogP contribution < -0.4 is 10.2 Å². The molecule has 33 heavy (non-hydrogen) atoms. The van der Waals surface area contributed by atoms with Gasteiger partial charge in [0.05, 0.1) is 5.69 Å². The maximum Gasteiger partial charge on any atom is 0.258 e. The lowest BCUT2D eigenvalue weighted by atomic mass is 9.98. The zero-order valence-electron chi connectivity index (χ0n) is 17.6. The van der Waals surface area contributed by atoms with Crippen LogP contribution in [0.25, 0.3) is 5.69 Å². The van der Waals surface area contributed by atoms with Crippen LogP contribution in [0.15, 0.2) is 79.4 Å². The van der Waals surface area contributed by atoms with Crippen molar-refractivity contribution < 1.29 is 14.0 Å². The first-order valence-electron chi connectivity index (χ1n) is 10.6. The Hall–Kier alpha value is -4.33. The largest absolute Gasteiger partial charge is 0.322 e. The summed E-state index contributed by atoms with van der Waals surface area (Å²) in [7, 11) is 0. The number of hydrogen-bond acceptors (Lipinski definition) is 4. The van der Waals surface area contributed by atoms with Gasteiger partial charge < -0.3 is 10.2 Å². The molecule has 5 rings (SSSR count). The fraction of sp³-hybridized carbons (Fsp3) is 0.120. The number of nitrogens with one attached hydrogen (secondary N) is 1. The van der Waals surface area contributed by atoms with E-state index in [9.17, 15) is 14.0 Å². The second-order valence-corrected chi connectivity index (χ2v) is 7.71. The van der Waals surface area contributed by atoms with Crippen LogP contribution in [0.5, 0.6) is 0 Å². The lowest BCUT2D eigenvalue weighted by molar-refractivity contribution is 0.0984. The average molecular weight is 441 g/mol. The van der Waals surface area contributed by atoms with Crippen molar-refractivity contribution in [3.8, 4) is 5.69 Å². The van der Waals surface area contributed by atoms with Gasteiger partial charge in [-0.05, 0) is 79.1 Å². The van der Waals surface area contributed by atoms with E-state index in [2.05, 4.69) is 15.4 Å². The van der Waals surface area contributed by atoms with E-state index in [1.807, 2.05) is 30.3 Å². The Morgan fingerprint density at radius 3 is 2.42 bits per heavy atom. The summed E-state index contributed by atoms with van der Waals surface area (Å²) >= 11 is 0. The van der Waals surface area contributed by atoms with Crippen LogP contribution in [0.4, 0.5) is 15.8 Å². The van der Waals surface area contributed by atoms with E-state index in [0.717, 1.165) is 29.8 Å². The molecule has 2 heterocycles. The Morgan fingerprint density at radius 1 is 0.939 bits per heavy atom. The van der Waals surface area contributed by atoms with Crippen molar-refractivity contribution in [2.45, 2.75) is 12.8 Å². The Bertz CT molecular complexity index is 1300. The standard InChI is InChI=1S/C25H20FN5O2/c26-19-10-6-17(7-11-19)24(32)29-22-4-1-5-23-21(22)3-2-14-30(23)25(33)18-8-12-20(13-9-18)31-16-27-15-28-31/h1,4-13,15-16H,2-3,14H2,(H,29,32). The van der Waals surface area contributed by atoms with Crippen molar-refractivity contribution in [3.05, 3.63) is 102 Å². The van der Waals surface area contributed by atoms with Crippen molar-refractivity contribution >= 4 is 23.2 Å². The highest BCUT2D eigenvalue weighted by Gasteiger charge is 2.26. The zero-order chi connectivity index (χ0) is 22.8. The highest BCUT2D eigenvalue weighted by molar-refractivity contribution is 6.08. The molecule has 0 fully saturated rings. The van der Waals surface area contributed by atoms with Crippen LogP contribution in [0.2, 0.25) is 0 Å². The molecule has 1 aliphatic heterocycles. The molecular weight excluding hydrogens is 421 g/mol. The van der Waals surface area contributed by atoms with Crippen LogP contribution >= 0.6 is 0 Å². The van der Waals surface area contributed by atoms with E-state index in [-0.39, 0.29) is 11.8 Å². The number of rotatable bonds is 4. The topological polar surface area (TPSA) is 80.1 Å². The van der Waals surface area contributed by atoms with Crippen LogP contribution in [-0.4, -0.2) is 33.1 Å².